The predicted molar refractivity (Wildman–Crippen MR) is 117 cm³/mol. The minimum atomic E-state index is -4.09. The van der Waals surface area contributed by atoms with Crippen LogP contribution in [0.25, 0.3) is 0 Å². The molecule has 0 saturated carbocycles. The van der Waals surface area contributed by atoms with Crippen molar-refractivity contribution in [2.75, 3.05) is 0 Å². The molecule has 7 nitrogen and oxygen atoms in total. The summed E-state index contributed by atoms with van der Waals surface area (Å²) in [4.78, 5) is 10.4. The minimum Gasteiger partial charge on any atom is -0.258 e. The quantitative estimate of drug-likeness (QED) is 0.288. The van der Waals surface area contributed by atoms with Crippen molar-refractivity contribution in [3.8, 4) is 0 Å². The van der Waals surface area contributed by atoms with E-state index in [0.717, 1.165) is 17.3 Å². The molecule has 3 aromatic rings. The average molecular weight is 444 g/mol. The van der Waals surface area contributed by atoms with E-state index in [0.29, 0.717) is 0 Å². The molecule has 0 spiro atoms. The molecule has 0 amide bonds. The Morgan fingerprint density at radius 3 is 1.97 bits per heavy atom. The lowest BCUT2D eigenvalue weighted by Crippen LogP contribution is -2.28. The summed E-state index contributed by atoms with van der Waals surface area (Å²) in [6.45, 7) is 0.246. The molecule has 9 heteroatoms. The molecule has 0 radical (unpaired) electrons. The van der Waals surface area contributed by atoms with Gasteiger partial charge in [-0.3, -0.25) is 10.1 Å². The number of non-ortho nitro benzene ring substituents is 1. The standard InChI is InChI=1S/C21H18ClN3O4S/c22-21-12-11-20(25(26)27)13-19(21)14-23-30(28,29)24(15-17-7-3-1-4-8-17)16-18-9-5-2-6-10-18/h1-14H,15-16H2. The van der Waals surface area contributed by atoms with Gasteiger partial charge >= 0.3 is 10.2 Å². The van der Waals surface area contributed by atoms with Crippen LogP contribution in [0.1, 0.15) is 16.7 Å². The van der Waals surface area contributed by atoms with Crippen molar-refractivity contribution >= 4 is 33.7 Å². The van der Waals surface area contributed by atoms with Crippen LogP contribution in [0.2, 0.25) is 5.02 Å². The van der Waals surface area contributed by atoms with E-state index in [9.17, 15) is 18.5 Å². The molecule has 0 aliphatic heterocycles. The first kappa shape index (κ1) is 21.6. The van der Waals surface area contributed by atoms with Crippen LogP contribution in [0.5, 0.6) is 0 Å². The summed E-state index contributed by atoms with van der Waals surface area (Å²) in [5.74, 6) is 0. The van der Waals surface area contributed by atoms with Crippen LogP contribution < -0.4 is 0 Å². The molecule has 0 aromatic heterocycles. The predicted octanol–water partition coefficient (Wildman–Crippen LogP) is 4.61. The largest absolute Gasteiger partial charge is 0.322 e. The first-order valence-corrected chi connectivity index (χ1v) is 10.7. The number of hydrogen-bond donors (Lipinski definition) is 0. The van der Waals surface area contributed by atoms with Crippen molar-refractivity contribution in [3.05, 3.63) is 111 Å². The second kappa shape index (κ2) is 9.62. The first-order valence-electron chi connectivity index (χ1n) is 8.92. The Morgan fingerprint density at radius 1 is 0.933 bits per heavy atom. The second-order valence-electron chi connectivity index (χ2n) is 6.41. The molecule has 154 valence electrons. The summed E-state index contributed by atoms with van der Waals surface area (Å²) >= 11 is 6.05. The lowest BCUT2D eigenvalue weighted by atomic mass is 10.2. The van der Waals surface area contributed by atoms with Crippen molar-refractivity contribution in [1.82, 2.24) is 4.31 Å². The van der Waals surface area contributed by atoms with Gasteiger partial charge in [0.15, 0.2) is 0 Å². The van der Waals surface area contributed by atoms with Crippen molar-refractivity contribution < 1.29 is 13.3 Å². The molecule has 30 heavy (non-hydrogen) atoms. The first-order chi connectivity index (χ1) is 14.3. The minimum absolute atomic E-state index is 0.123. The van der Waals surface area contributed by atoms with E-state index in [1.165, 1.54) is 22.5 Å². The Kier molecular flexibility index (Phi) is 6.94. The summed E-state index contributed by atoms with van der Waals surface area (Å²) in [6, 6.07) is 22.1. The normalized spacial score (nSPS) is 11.8. The van der Waals surface area contributed by atoms with Crippen molar-refractivity contribution in [1.29, 1.82) is 0 Å². The van der Waals surface area contributed by atoms with Crippen LogP contribution in [0, 0.1) is 10.1 Å². The zero-order valence-electron chi connectivity index (χ0n) is 15.8. The molecule has 0 aliphatic carbocycles. The number of nitrogens with zero attached hydrogens (tertiary/aromatic N) is 3. The number of nitro benzene ring substituents is 1. The fourth-order valence-electron chi connectivity index (χ4n) is 2.73. The van der Waals surface area contributed by atoms with Gasteiger partial charge in [0, 0.05) is 35.8 Å². The highest BCUT2D eigenvalue weighted by Gasteiger charge is 2.22. The maximum atomic E-state index is 13.0. The van der Waals surface area contributed by atoms with Crippen LogP contribution in [0.4, 0.5) is 5.69 Å². The molecule has 0 N–H and O–H groups in total. The number of hydrogen-bond acceptors (Lipinski definition) is 4. The van der Waals surface area contributed by atoms with E-state index in [4.69, 9.17) is 11.6 Å². The summed E-state index contributed by atoms with van der Waals surface area (Å²) in [5.41, 5.74) is 1.55. The SMILES string of the molecule is O=[N+]([O-])c1ccc(Cl)c(C=NS(=O)(=O)N(Cc2ccccc2)Cc2ccccc2)c1. The average Bonchev–Trinajstić information content (AvgIpc) is 2.74. The number of rotatable bonds is 8. The van der Waals surface area contributed by atoms with Gasteiger partial charge in [0.1, 0.15) is 0 Å². The van der Waals surface area contributed by atoms with Gasteiger partial charge in [-0.2, -0.15) is 17.1 Å². The summed E-state index contributed by atoms with van der Waals surface area (Å²) in [7, 11) is -4.09. The summed E-state index contributed by atoms with van der Waals surface area (Å²) in [5, 5.41) is 11.1. The van der Waals surface area contributed by atoms with Crippen LogP contribution in [0.3, 0.4) is 0 Å². The van der Waals surface area contributed by atoms with Gasteiger partial charge in [-0.15, -0.1) is 0 Å². The lowest BCUT2D eigenvalue weighted by Gasteiger charge is -2.19. The van der Waals surface area contributed by atoms with Crippen LogP contribution in [-0.4, -0.2) is 23.9 Å². The Hall–Kier alpha value is -3.07. The Bertz CT molecular complexity index is 1110. The molecule has 0 atom stereocenters. The summed E-state index contributed by atoms with van der Waals surface area (Å²) < 4.78 is 31.0. The van der Waals surface area contributed by atoms with E-state index in [-0.39, 0.29) is 29.4 Å². The Balaban J connectivity index is 1.92. The number of benzene rings is 3. The van der Waals surface area contributed by atoms with E-state index >= 15 is 0 Å². The van der Waals surface area contributed by atoms with Crippen molar-refractivity contribution in [3.63, 3.8) is 0 Å². The maximum Gasteiger partial charge on any atom is 0.322 e. The van der Waals surface area contributed by atoms with Gasteiger partial charge in [-0.05, 0) is 17.2 Å². The fourth-order valence-corrected chi connectivity index (χ4v) is 3.90. The third-order valence-electron chi connectivity index (χ3n) is 4.25. The summed E-state index contributed by atoms with van der Waals surface area (Å²) in [6.07, 6.45) is 1.04. The van der Waals surface area contributed by atoms with Crippen LogP contribution in [-0.2, 0) is 23.3 Å². The van der Waals surface area contributed by atoms with Gasteiger partial charge in [0.2, 0.25) is 0 Å². The molecule has 0 heterocycles. The smallest absolute Gasteiger partial charge is 0.258 e. The van der Waals surface area contributed by atoms with Gasteiger partial charge in [-0.25, -0.2) is 0 Å². The molecule has 3 rings (SSSR count). The molecule has 0 aliphatic rings. The number of halogens is 1. The maximum absolute atomic E-state index is 13.0. The topological polar surface area (TPSA) is 92.9 Å². The molecule has 0 unspecified atom stereocenters. The van der Waals surface area contributed by atoms with Crippen LogP contribution in [0.15, 0.2) is 83.3 Å². The highest BCUT2D eigenvalue weighted by atomic mass is 35.5. The zero-order valence-corrected chi connectivity index (χ0v) is 17.3. The highest BCUT2D eigenvalue weighted by molar-refractivity contribution is 7.87. The Labute approximate surface area is 179 Å². The fraction of sp³-hybridized carbons (Fsp3) is 0.0952. The molecule has 0 fully saturated rings. The van der Waals surface area contributed by atoms with Crippen LogP contribution >= 0.6 is 11.6 Å². The van der Waals surface area contributed by atoms with E-state index in [2.05, 4.69) is 4.40 Å². The lowest BCUT2D eigenvalue weighted by molar-refractivity contribution is -0.384. The van der Waals surface area contributed by atoms with Crippen molar-refractivity contribution in [2.45, 2.75) is 13.1 Å². The van der Waals surface area contributed by atoms with E-state index in [1.54, 1.807) is 0 Å². The van der Waals surface area contributed by atoms with Gasteiger partial charge < -0.3 is 0 Å². The zero-order chi connectivity index (χ0) is 21.6. The highest BCUT2D eigenvalue weighted by Crippen LogP contribution is 2.21. The molecule has 0 bridgehead atoms. The third kappa shape index (κ3) is 5.73. The molecule has 3 aromatic carbocycles. The molecule has 0 saturated heterocycles. The third-order valence-corrected chi connectivity index (χ3v) is 5.87. The molecular formula is C21H18ClN3O4S. The monoisotopic (exact) mass is 443 g/mol. The Morgan fingerprint density at radius 2 is 1.47 bits per heavy atom. The molecular weight excluding hydrogens is 426 g/mol. The van der Waals surface area contributed by atoms with Gasteiger partial charge in [0.25, 0.3) is 5.69 Å². The van der Waals surface area contributed by atoms with E-state index in [1.807, 2.05) is 60.7 Å². The van der Waals surface area contributed by atoms with E-state index < -0.39 is 15.1 Å². The van der Waals surface area contributed by atoms with Crippen molar-refractivity contribution in [2.24, 2.45) is 4.40 Å². The van der Waals surface area contributed by atoms with Gasteiger partial charge in [-0.1, -0.05) is 72.3 Å². The number of nitro groups is 1. The van der Waals surface area contributed by atoms with Gasteiger partial charge in [0.05, 0.1) is 11.1 Å². The second-order valence-corrected chi connectivity index (χ2v) is 8.44.